The molecule has 4 nitrogen and oxygen atoms in total. The largest absolute Gasteiger partial charge is 0.324 e. The molecule has 0 saturated heterocycles. The predicted octanol–water partition coefficient (Wildman–Crippen LogP) is 2.07. The summed E-state index contributed by atoms with van der Waals surface area (Å²) in [5.41, 5.74) is 7.56. The Morgan fingerprint density at radius 1 is 1.37 bits per heavy atom. The maximum Gasteiger partial charge on any atom is 0.245 e. The lowest BCUT2D eigenvalue weighted by Gasteiger charge is -2.17. The Morgan fingerprint density at radius 2 is 2.11 bits per heavy atom. The third kappa shape index (κ3) is 3.29. The van der Waals surface area contributed by atoms with Crippen LogP contribution < -0.4 is 11.1 Å². The molecule has 0 aliphatic carbocycles. The Bertz CT molecular complexity index is 460. The standard InChI is InChI=1S/C14H21N3OS/c1-3-17(4-2)7-8-19-10-5-6-11-12(9-10)16-14(18)13(11)15/h5-6,9,13H,3-4,7-8,15H2,1-2H3,(H,16,18). The molecule has 1 unspecified atom stereocenters. The zero-order valence-corrected chi connectivity index (χ0v) is 12.3. The van der Waals surface area contributed by atoms with Crippen molar-refractivity contribution in [1.29, 1.82) is 0 Å². The van der Waals surface area contributed by atoms with E-state index in [1.165, 1.54) is 4.90 Å². The summed E-state index contributed by atoms with van der Waals surface area (Å²) in [4.78, 5) is 15.1. The lowest BCUT2D eigenvalue weighted by Crippen LogP contribution is -2.25. The van der Waals surface area contributed by atoms with Crippen LogP contribution in [0.2, 0.25) is 0 Å². The molecule has 104 valence electrons. The summed E-state index contributed by atoms with van der Waals surface area (Å²) < 4.78 is 0. The molecule has 1 aromatic carbocycles. The Kier molecular flexibility index (Phi) is 4.85. The van der Waals surface area contributed by atoms with E-state index in [-0.39, 0.29) is 5.91 Å². The van der Waals surface area contributed by atoms with Crippen LogP contribution in [0.5, 0.6) is 0 Å². The van der Waals surface area contributed by atoms with Crippen LogP contribution in [0.1, 0.15) is 25.5 Å². The van der Waals surface area contributed by atoms with Crippen LogP contribution >= 0.6 is 11.8 Å². The van der Waals surface area contributed by atoms with Crippen molar-refractivity contribution in [2.45, 2.75) is 24.8 Å². The average molecular weight is 279 g/mol. The van der Waals surface area contributed by atoms with Crippen molar-refractivity contribution in [3.8, 4) is 0 Å². The number of hydrogen-bond donors (Lipinski definition) is 2. The summed E-state index contributed by atoms with van der Waals surface area (Å²) in [5.74, 6) is 0.945. The van der Waals surface area contributed by atoms with Gasteiger partial charge in [0.2, 0.25) is 5.91 Å². The minimum atomic E-state index is -0.510. The summed E-state index contributed by atoms with van der Waals surface area (Å²) in [6.07, 6.45) is 0. The van der Waals surface area contributed by atoms with E-state index < -0.39 is 6.04 Å². The van der Waals surface area contributed by atoms with Gasteiger partial charge in [-0.15, -0.1) is 11.8 Å². The van der Waals surface area contributed by atoms with Crippen molar-refractivity contribution in [1.82, 2.24) is 4.90 Å². The molecule has 0 saturated carbocycles. The fraction of sp³-hybridized carbons (Fsp3) is 0.500. The fourth-order valence-corrected chi connectivity index (χ4v) is 3.14. The first-order chi connectivity index (χ1) is 9.15. The Morgan fingerprint density at radius 3 is 2.79 bits per heavy atom. The number of benzene rings is 1. The van der Waals surface area contributed by atoms with Gasteiger partial charge in [-0.3, -0.25) is 4.79 Å². The SMILES string of the molecule is CCN(CC)CCSc1ccc2c(c1)NC(=O)C2N. The molecule has 0 fully saturated rings. The van der Waals surface area contributed by atoms with Crippen molar-refractivity contribution < 1.29 is 4.79 Å². The summed E-state index contributed by atoms with van der Waals surface area (Å²) in [6.45, 7) is 7.62. The van der Waals surface area contributed by atoms with Crippen molar-refractivity contribution in [2.24, 2.45) is 5.73 Å². The minimum absolute atomic E-state index is 0.111. The number of fused-ring (bicyclic) bond motifs is 1. The molecule has 5 heteroatoms. The van der Waals surface area contributed by atoms with Gasteiger partial charge in [0.05, 0.1) is 0 Å². The number of carbonyl (C=O) groups excluding carboxylic acids is 1. The van der Waals surface area contributed by atoms with Crippen molar-refractivity contribution in [3.63, 3.8) is 0 Å². The van der Waals surface area contributed by atoms with Crippen LogP contribution in [0.3, 0.4) is 0 Å². The van der Waals surface area contributed by atoms with E-state index in [2.05, 4.69) is 24.1 Å². The second kappa shape index (κ2) is 6.41. The van der Waals surface area contributed by atoms with Gasteiger partial charge < -0.3 is 16.0 Å². The molecule has 19 heavy (non-hydrogen) atoms. The molecule has 1 amide bonds. The molecule has 0 radical (unpaired) electrons. The molecule has 0 spiro atoms. The molecule has 2 rings (SSSR count). The highest BCUT2D eigenvalue weighted by Gasteiger charge is 2.26. The van der Waals surface area contributed by atoms with Crippen molar-refractivity contribution in [2.75, 3.05) is 30.7 Å². The maximum atomic E-state index is 11.5. The van der Waals surface area contributed by atoms with Crippen LogP contribution in [0, 0.1) is 0 Å². The number of carbonyl (C=O) groups is 1. The molecule has 1 heterocycles. The number of nitrogens with zero attached hydrogens (tertiary/aromatic N) is 1. The van der Waals surface area contributed by atoms with Gasteiger partial charge in [-0.25, -0.2) is 0 Å². The molecule has 1 aliphatic heterocycles. The Hall–Kier alpha value is -1.04. The summed E-state index contributed by atoms with van der Waals surface area (Å²) in [6, 6.07) is 5.51. The average Bonchev–Trinajstić information content (AvgIpc) is 2.70. The van der Waals surface area contributed by atoms with E-state index in [4.69, 9.17) is 5.73 Å². The molecule has 0 aromatic heterocycles. The summed E-state index contributed by atoms with van der Waals surface area (Å²) >= 11 is 1.81. The highest BCUT2D eigenvalue weighted by Crippen LogP contribution is 2.32. The molecule has 1 atom stereocenters. The van der Waals surface area contributed by atoms with Gasteiger partial charge in [0.1, 0.15) is 6.04 Å². The molecule has 0 bridgehead atoms. The summed E-state index contributed by atoms with van der Waals surface area (Å²) in [7, 11) is 0. The van der Waals surface area contributed by atoms with E-state index >= 15 is 0 Å². The number of anilines is 1. The Labute approximate surface area is 118 Å². The molecule has 1 aliphatic rings. The number of rotatable bonds is 6. The lowest BCUT2D eigenvalue weighted by molar-refractivity contribution is -0.116. The van der Waals surface area contributed by atoms with Crippen LogP contribution in [-0.2, 0) is 4.79 Å². The van der Waals surface area contributed by atoms with Gasteiger partial charge in [0, 0.05) is 28.4 Å². The van der Waals surface area contributed by atoms with E-state index in [0.29, 0.717) is 0 Å². The third-order valence-electron chi connectivity index (χ3n) is 3.47. The van der Waals surface area contributed by atoms with E-state index in [9.17, 15) is 4.79 Å². The van der Waals surface area contributed by atoms with Crippen LogP contribution in [0.15, 0.2) is 23.1 Å². The first-order valence-electron chi connectivity index (χ1n) is 6.71. The number of hydrogen-bond acceptors (Lipinski definition) is 4. The highest BCUT2D eigenvalue weighted by atomic mass is 32.2. The normalized spacial score (nSPS) is 17.7. The third-order valence-corrected chi connectivity index (χ3v) is 4.44. The van der Waals surface area contributed by atoms with E-state index in [1.807, 2.05) is 30.0 Å². The van der Waals surface area contributed by atoms with Gasteiger partial charge in [-0.2, -0.15) is 0 Å². The fourth-order valence-electron chi connectivity index (χ4n) is 2.19. The van der Waals surface area contributed by atoms with E-state index in [0.717, 1.165) is 36.6 Å². The zero-order chi connectivity index (χ0) is 13.8. The number of nitrogens with one attached hydrogen (secondary N) is 1. The zero-order valence-electron chi connectivity index (χ0n) is 11.5. The smallest absolute Gasteiger partial charge is 0.245 e. The van der Waals surface area contributed by atoms with Gasteiger partial charge >= 0.3 is 0 Å². The van der Waals surface area contributed by atoms with Crippen LogP contribution in [-0.4, -0.2) is 36.2 Å². The van der Waals surface area contributed by atoms with Gasteiger partial charge in [-0.1, -0.05) is 19.9 Å². The molecular weight excluding hydrogens is 258 g/mol. The van der Waals surface area contributed by atoms with Crippen molar-refractivity contribution >= 4 is 23.4 Å². The first kappa shape index (κ1) is 14.4. The summed E-state index contributed by atoms with van der Waals surface area (Å²) in [5, 5.41) is 2.82. The number of amides is 1. The van der Waals surface area contributed by atoms with Gasteiger partial charge in [-0.05, 0) is 25.2 Å². The second-order valence-electron chi connectivity index (χ2n) is 4.59. The second-order valence-corrected chi connectivity index (χ2v) is 5.76. The lowest BCUT2D eigenvalue weighted by atomic mass is 10.1. The van der Waals surface area contributed by atoms with Gasteiger partial charge in [0.15, 0.2) is 0 Å². The number of thioether (sulfide) groups is 1. The molecular formula is C14H21N3OS. The van der Waals surface area contributed by atoms with Crippen LogP contribution in [0.25, 0.3) is 0 Å². The minimum Gasteiger partial charge on any atom is -0.324 e. The highest BCUT2D eigenvalue weighted by molar-refractivity contribution is 7.99. The first-order valence-corrected chi connectivity index (χ1v) is 7.69. The topological polar surface area (TPSA) is 58.4 Å². The monoisotopic (exact) mass is 279 g/mol. The molecule has 1 aromatic rings. The van der Waals surface area contributed by atoms with Gasteiger partial charge in [0.25, 0.3) is 0 Å². The van der Waals surface area contributed by atoms with Crippen LogP contribution in [0.4, 0.5) is 5.69 Å². The van der Waals surface area contributed by atoms with Crippen molar-refractivity contribution in [3.05, 3.63) is 23.8 Å². The predicted molar refractivity (Wildman–Crippen MR) is 80.5 cm³/mol. The number of nitrogens with two attached hydrogens (primary N) is 1. The maximum absolute atomic E-state index is 11.5. The van der Waals surface area contributed by atoms with E-state index in [1.54, 1.807) is 0 Å². The Balaban J connectivity index is 1.93. The molecule has 3 N–H and O–H groups in total. The quantitative estimate of drug-likeness (QED) is 0.783.